The van der Waals surface area contributed by atoms with Crippen LogP contribution in [-0.2, 0) is 9.47 Å². The van der Waals surface area contributed by atoms with Crippen LogP contribution < -0.4 is 4.90 Å². The van der Waals surface area contributed by atoms with Gasteiger partial charge in [0.05, 0.1) is 5.60 Å². The summed E-state index contributed by atoms with van der Waals surface area (Å²) in [5, 5.41) is 0. The van der Waals surface area contributed by atoms with Gasteiger partial charge in [-0.05, 0) is 31.7 Å². The van der Waals surface area contributed by atoms with Crippen molar-refractivity contribution >= 4 is 5.95 Å². The molecular weight excluding hydrogens is 292 g/mol. The molecule has 23 heavy (non-hydrogen) atoms. The first-order valence-corrected chi connectivity index (χ1v) is 8.82. The largest absolute Gasteiger partial charge is 0.381 e. The fraction of sp³-hybridized carbons (Fsp3) is 0.765. The zero-order chi connectivity index (χ0) is 15.5. The van der Waals surface area contributed by atoms with Gasteiger partial charge in [-0.25, -0.2) is 9.97 Å². The second kappa shape index (κ2) is 6.71. The van der Waals surface area contributed by atoms with Crippen LogP contribution in [0.15, 0.2) is 18.5 Å². The van der Waals surface area contributed by atoms with E-state index in [1.165, 1.54) is 0 Å². The van der Waals surface area contributed by atoms with Crippen molar-refractivity contribution in [3.63, 3.8) is 0 Å². The average molecular weight is 318 g/mol. The number of hydrogen-bond acceptors (Lipinski definition) is 6. The zero-order valence-electron chi connectivity index (χ0n) is 13.7. The minimum atomic E-state index is 0.0842. The molecule has 3 aliphatic rings. The molecule has 1 spiro atoms. The van der Waals surface area contributed by atoms with Crippen LogP contribution in [0, 0.1) is 0 Å². The third-order valence-corrected chi connectivity index (χ3v) is 5.54. The van der Waals surface area contributed by atoms with Crippen molar-refractivity contribution in [3.8, 4) is 0 Å². The molecule has 1 aromatic rings. The summed E-state index contributed by atoms with van der Waals surface area (Å²) in [6.07, 6.45) is 8.08. The standard InChI is InChI=1S/C17H26N4O2/c1-5-18-16(19-6-1)21-9-7-20(8-10-21)15-2-11-23-17(14-15)3-12-22-13-4-17/h1,5-6,15H,2-4,7-14H2/t15-/m1/s1. The molecule has 0 N–H and O–H groups in total. The molecule has 1 aromatic heterocycles. The number of hydrogen-bond donors (Lipinski definition) is 0. The molecule has 0 aliphatic carbocycles. The number of rotatable bonds is 2. The molecular formula is C17H26N4O2. The van der Waals surface area contributed by atoms with Gasteiger partial charge < -0.3 is 14.4 Å². The van der Waals surface area contributed by atoms with Gasteiger partial charge in [0.25, 0.3) is 0 Å². The van der Waals surface area contributed by atoms with Crippen molar-refractivity contribution in [2.24, 2.45) is 0 Å². The van der Waals surface area contributed by atoms with Crippen molar-refractivity contribution in [1.82, 2.24) is 14.9 Å². The van der Waals surface area contributed by atoms with E-state index in [2.05, 4.69) is 19.8 Å². The summed E-state index contributed by atoms with van der Waals surface area (Å²) in [5.74, 6) is 0.861. The highest BCUT2D eigenvalue weighted by molar-refractivity contribution is 5.29. The number of anilines is 1. The summed E-state index contributed by atoms with van der Waals surface area (Å²) < 4.78 is 11.7. The number of piperazine rings is 1. The lowest BCUT2D eigenvalue weighted by Crippen LogP contribution is -2.56. The molecule has 0 amide bonds. The Kier molecular flexibility index (Phi) is 4.46. The Balaban J connectivity index is 1.35. The van der Waals surface area contributed by atoms with Crippen LogP contribution in [0.25, 0.3) is 0 Å². The Hall–Kier alpha value is -1.24. The third kappa shape index (κ3) is 3.34. The van der Waals surface area contributed by atoms with E-state index in [1.807, 2.05) is 18.5 Å². The number of ether oxygens (including phenoxy) is 2. The van der Waals surface area contributed by atoms with Gasteiger partial charge in [0.15, 0.2) is 0 Å². The summed E-state index contributed by atoms with van der Waals surface area (Å²) in [5.41, 5.74) is 0.0842. The predicted octanol–water partition coefficient (Wildman–Crippen LogP) is 1.33. The first-order chi connectivity index (χ1) is 11.3. The molecule has 3 aliphatic heterocycles. The topological polar surface area (TPSA) is 50.7 Å². The minimum Gasteiger partial charge on any atom is -0.381 e. The second-order valence-electron chi connectivity index (χ2n) is 6.86. The van der Waals surface area contributed by atoms with Crippen LogP contribution in [0.2, 0.25) is 0 Å². The molecule has 0 saturated carbocycles. The van der Waals surface area contributed by atoms with Crippen LogP contribution >= 0.6 is 0 Å². The number of aromatic nitrogens is 2. The lowest BCUT2D eigenvalue weighted by molar-refractivity contribution is -0.151. The molecule has 4 rings (SSSR count). The molecule has 1 atom stereocenters. The molecule has 3 fully saturated rings. The molecule has 0 radical (unpaired) electrons. The Morgan fingerprint density at radius 1 is 1.00 bits per heavy atom. The number of nitrogens with zero attached hydrogens (tertiary/aromatic N) is 4. The normalized spacial score (nSPS) is 28.9. The highest BCUT2D eigenvalue weighted by Gasteiger charge is 2.41. The van der Waals surface area contributed by atoms with Crippen LogP contribution in [0.1, 0.15) is 25.7 Å². The highest BCUT2D eigenvalue weighted by atomic mass is 16.5. The SMILES string of the molecule is c1cnc(N2CCN([C@@H]3CCOC4(CCOCC4)C3)CC2)nc1. The van der Waals surface area contributed by atoms with Crippen LogP contribution in [0.3, 0.4) is 0 Å². The average Bonchev–Trinajstić information content (AvgIpc) is 2.63. The quantitative estimate of drug-likeness (QED) is 0.820. The van der Waals surface area contributed by atoms with Crippen molar-refractivity contribution in [1.29, 1.82) is 0 Å². The third-order valence-electron chi connectivity index (χ3n) is 5.54. The first-order valence-electron chi connectivity index (χ1n) is 8.82. The van der Waals surface area contributed by atoms with Crippen molar-refractivity contribution < 1.29 is 9.47 Å². The van der Waals surface area contributed by atoms with Gasteiger partial charge in [-0.1, -0.05) is 0 Å². The van der Waals surface area contributed by atoms with E-state index in [4.69, 9.17) is 9.47 Å². The van der Waals surface area contributed by atoms with Gasteiger partial charge in [-0.3, -0.25) is 4.90 Å². The van der Waals surface area contributed by atoms with E-state index >= 15 is 0 Å². The maximum absolute atomic E-state index is 6.18. The Morgan fingerprint density at radius 3 is 2.48 bits per heavy atom. The van der Waals surface area contributed by atoms with E-state index in [-0.39, 0.29) is 5.60 Å². The maximum atomic E-state index is 6.18. The maximum Gasteiger partial charge on any atom is 0.225 e. The first kappa shape index (κ1) is 15.3. The summed E-state index contributed by atoms with van der Waals surface area (Å²) in [7, 11) is 0. The summed E-state index contributed by atoms with van der Waals surface area (Å²) in [6.45, 7) is 6.81. The van der Waals surface area contributed by atoms with Crippen molar-refractivity contribution in [2.45, 2.75) is 37.3 Å². The molecule has 0 bridgehead atoms. The Labute approximate surface area is 137 Å². The summed E-state index contributed by atoms with van der Waals surface area (Å²) >= 11 is 0. The smallest absolute Gasteiger partial charge is 0.225 e. The summed E-state index contributed by atoms with van der Waals surface area (Å²) in [4.78, 5) is 13.7. The molecule has 126 valence electrons. The zero-order valence-corrected chi connectivity index (χ0v) is 13.7. The Bertz CT molecular complexity index is 493. The fourth-order valence-corrected chi connectivity index (χ4v) is 4.15. The van der Waals surface area contributed by atoms with E-state index in [0.717, 1.165) is 77.6 Å². The van der Waals surface area contributed by atoms with Crippen LogP contribution in [0.5, 0.6) is 0 Å². The second-order valence-corrected chi connectivity index (χ2v) is 6.86. The van der Waals surface area contributed by atoms with E-state index in [9.17, 15) is 0 Å². The van der Waals surface area contributed by atoms with Gasteiger partial charge in [-0.15, -0.1) is 0 Å². The summed E-state index contributed by atoms with van der Waals surface area (Å²) in [6, 6.07) is 2.52. The van der Waals surface area contributed by atoms with E-state index in [1.54, 1.807) is 0 Å². The molecule has 0 aromatic carbocycles. The monoisotopic (exact) mass is 318 g/mol. The minimum absolute atomic E-state index is 0.0842. The van der Waals surface area contributed by atoms with Crippen molar-refractivity contribution in [2.75, 3.05) is 50.9 Å². The lowest BCUT2D eigenvalue weighted by atomic mass is 9.83. The van der Waals surface area contributed by atoms with Gasteiger partial charge in [-0.2, -0.15) is 0 Å². The fourth-order valence-electron chi connectivity index (χ4n) is 4.15. The van der Waals surface area contributed by atoms with Gasteiger partial charge in [0.2, 0.25) is 5.95 Å². The molecule has 4 heterocycles. The van der Waals surface area contributed by atoms with Gasteiger partial charge in [0, 0.05) is 64.4 Å². The van der Waals surface area contributed by atoms with Gasteiger partial charge in [0.1, 0.15) is 0 Å². The molecule has 6 heteroatoms. The lowest BCUT2D eigenvalue weighted by Gasteiger charge is -2.48. The van der Waals surface area contributed by atoms with Crippen LogP contribution in [-0.4, -0.2) is 72.5 Å². The van der Waals surface area contributed by atoms with E-state index < -0.39 is 0 Å². The van der Waals surface area contributed by atoms with Gasteiger partial charge >= 0.3 is 0 Å². The Morgan fingerprint density at radius 2 is 1.74 bits per heavy atom. The molecule has 0 unspecified atom stereocenters. The van der Waals surface area contributed by atoms with E-state index in [0.29, 0.717) is 6.04 Å². The highest BCUT2D eigenvalue weighted by Crippen LogP contribution is 2.36. The van der Waals surface area contributed by atoms with Crippen LogP contribution in [0.4, 0.5) is 5.95 Å². The predicted molar refractivity (Wildman–Crippen MR) is 87.6 cm³/mol. The molecule has 3 saturated heterocycles. The van der Waals surface area contributed by atoms with Crippen molar-refractivity contribution in [3.05, 3.63) is 18.5 Å². The molecule has 6 nitrogen and oxygen atoms in total.